The number of carbonyl (C=O) groups is 1. The summed E-state index contributed by atoms with van der Waals surface area (Å²) in [6.45, 7) is 0.295. The molecule has 24 heavy (non-hydrogen) atoms. The van der Waals surface area contributed by atoms with Crippen molar-refractivity contribution in [3.8, 4) is 0 Å². The van der Waals surface area contributed by atoms with E-state index in [1.807, 2.05) is 0 Å². The number of ether oxygens (including phenoxy) is 1. The number of benzene rings is 1. The SMILES string of the molecule is O=C(O)[C@@H]1CC[C@@H](NC/C=C/c2cc(F)ccc2F)[C@@H](CCO)O1. The Kier molecular flexibility index (Phi) is 6.84. The van der Waals surface area contributed by atoms with Crippen LogP contribution < -0.4 is 5.32 Å². The molecule has 0 saturated carbocycles. The third-order valence-corrected chi connectivity index (χ3v) is 3.97. The van der Waals surface area contributed by atoms with Crippen LogP contribution in [-0.4, -0.2) is 47.6 Å². The van der Waals surface area contributed by atoms with Crippen LogP contribution in [0.25, 0.3) is 6.08 Å². The zero-order valence-electron chi connectivity index (χ0n) is 13.1. The van der Waals surface area contributed by atoms with Crippen LogP contribution >= 0.6 is 0 Å². The Hall–Kier alpha value is -1.83. The Balaban J connectivity index is 1.89. The number of aliphatic hydroxyl groups is 1. The molecule has 3 N–H and O–H groups in total. The summed E-state index contributed by atoms with van der Waals surface area (Å²) in [6, 6.07) is 3.14. The minimum absolute atomic E-state index is 0.0977. The van der Waals surface area contributed by atoms with Crippen molar-refractivity contribution in [1.82, 2.24) is 5.32 Å². The van der Waals surface area contributed by atoms with Crippen LogP contribution in [-0.2, 0) is 9.53 Å². The van der Waals surface area contributed by atoms with E-state index in [4.69, 9.17) is 14.9 Å². The Labute approximate surface area is 138 Å². The molecule has 0 aromatic heterocycles. The molecule has 0 amide bonds. The molecule has 1 aliphatic rings. The van der Waals surface area contributed by atoms with E-state index in [0.29, 0.717) is 25.8 Å². The van der Waals surface area contributed by atoms with Crippen LogP contribution in [0.1, 0.15) is 24.8 Å². The lowest BCUT2D eigenvalue weighted by Crippen LogP contribution is -2.49. The Morgan fingerprint density at radius 1 is 1.38 bits per heavy atom. The van der Waals surface area contributed by atoms with Crippen molar-refractivity contribution in [3.05, 3.63) is 41.5 Å². The molecule has 0 aliphatic carbocycles. The third-order valence-electron chi connectivity index (χ3n) is 3.97. The van der Waals surface area contributed by atoms with E-state index in [9.17, 15) is 13.6 Å². The average molecular weight is 341 g/mol. The van der Waals surface area contributed by atoms with E-state index in [-0.39, 0.29) is 18.2 Å². The molecule has 5 nitrogen and oxygen atoms in total. The maximum absolute atomic E-state index is 13.5. The van der Waals surface area contributed by atoms with E-state index in [2.05, 4.69) is 5.32 Å². The topological polar surface area (TPSA) is 78.8 Å². The molecule has 3 atom stereocenters. The lowest BCUT2D eigenvalue weighted by atomic mass is 9.96. The number of rotatable bonds is 7. The van der Waals surface area contributed by atoms with Crippen molar-refractivity contribution in [2.75, 3.05) is 13.2 Å². The van der Waals surface area contributed by atoms with Gasteiger partial charge < -0.3 is 20.3 Å². The predicted octanol–water partition coefficient (Wildman–Crippen LogP) is 1.95. The van der Waals surface area contributed by atoms with Crippen LogP contribution in [0.2, 0.25) is 0 Å². The summed E-state index contributed by atoms with van der Waals surface area (Å²) < 4.78 is 32.1. The molecule has 1 saturated heterocycles. The molecular weight excluding hydrogens is 320 g/mol. The van der Waals surface area contributed by atoms with Gasteiger partial charge in [0.1, 0.15) is 11.6 Å². The number of aliphatic hydroxyl groups excluding tert-OH is 1. The van der Waals surface area contributed by atoms with Gasteiger partial charge in [-0.3, -0.25) is 0 Å². The molecule has 132 valence electrons. The minimum atomic E-state index is -1.00. The number of aliphatic carboxylic acids is 1. The molecule has 1 fully saturated rings. The molecule has 0 unspecified atom stereocenters. The van der Waals surface area contributed by atoms with Gasteiger partial charge in [-0.2, -0.15) is 0 Å². The standard InChI is InChI=1S/C17H21F2NO4/c18-12-3-4-13(19)11(10-12)2-1-8-20-14-5-6-16(17(22)23)24-15(14)7-9-21/h1-4,10,14-16,20-21H,5-9H2,(H,22,23)/b2-1+/t14-,15-,16+/m1/s1. The lowest BCUT2D eigenvalue weighted by Gasteiger charge is -2.35. The average Bonchev–Trinajstić information content (AvgIpc) is 2.55. The zero-order valence-corrected chi connectivity index (χ0v) is 13.1. The molecule has 2 rings (SSSR count). The quantitative estimate of drug-likeness (QED) is 0.706. The highest BCUT2D eigenvalue weighted by molar-refractivity contribution is 5.72. The number of carboxylic acid groups (broad SMARTS) is 1. The van der Waals surface area contributed by atoms with E-state index < -0.39 is 29.8 Å². The summed E-state index contributed by atoms with van der Waals surface area (Å²) in [5.74, 6) is -2.01. The zero-order chi connectivity index (χ0) is 17.5. The molecule has 7 heteroatoms. The fraction of sp³-hybridized carbons (Fsp3) is 0.471. The van der Waals surface area contributed by atoms with Crippen molar-refractivity contribution < 1.29 is 28.5 Å². The van der Waals surface area contributed by atoms with Crippen LogP contribution in [0.4, 0.5) is 8.78 Å². The van der Waals surface area contributed by atoms with E-state index in [1.54, 1.807) is 6.08 Å². The normalized spacial score (nSPS) is 24.4. The third kappa shape index (κ3) is 5.09. The van der Waals surface area contributed by atoms with Gasteiger partial charge in [0.05, 0.1) is 6.10 Å². The maximum atomic E-state index is 13.5. The van der Waals surface area contributed by atoms with Crippen molar-refractivity contribution in [1.29, 1.82) is 0 Å². The molecule has 1 aliphatic heterocycles. The fourth-order valence-electron chi connectivity index (χ4n) is 2.75. The Morgan fingerprint density at radius 3 is 2.88 bits per heavy atom. The van der Waals surface area contributed by atoms with Gasteiger partial charge >= 0.3 is 5.97 Å². The van der Waals surface area contributed by atoms with Crippen LogP contribution in [0.15, 0.2) is 24.3 Å². The first-order chi connectivity index (χ1) is 11.5. The van der Waals surface area contributed by atoms with Gasteiger partial charge in [0, 0.05) is 24.8 Å². The highest BCUT2D eigenvalue weighted by Crippen LogP contribution is 2.22. The van der Waals surface area contributed by atoms with E-state index in [0.717, 1.165) is 18.2 Å². The smallest absolute Gasteiger partial charge is 0.332 e. The van der Waals surface area contributed by atoms with Crippen molar-refractivity contribution in [2.24, 2.45) is 0 Å². The van der Waals surface area contributed by atoms with Crippen molar-refractivity contribution in [3.63, 3.8) is 0 Å². The van der Waals surface area contributed by atoms with Gasteiger partial charge in [-0.25, -0.2) is 13.6 Å². The van der Waals surface area contributed by atoms with Crippen LogP contribution in [0.5, 0.6) is 0 Å². The number of hydrogen-bond donors (Lipinski definition) is 3. The fourth-order valence-corrected chi connectivity index (χ4v) is 2.75. The van der Waals surface area contributed by atoms with Crippen molar-refractivity contribution >= 4 is 12.0 Å². The number of carboxylic acids is 1. The largest absolute Gasteiger partial charge is 0.479 e. The summed E-state index contributed by atoms with van der Waals surface area (Å²) in [5, 5.41) is 21.3. The second kappa shape index (κ2) is 8.86. The van der Waals surface area contributed by atoms with Gasteiger partial charge in [-0.1, -0.05) is 12.2 Å². The van der Waals surface area contributed by atoms with Gasteiger partial charge in [0.25, 0.3) is 0 Å². The van der Waals surface area contributed by atoms with Gasteiger partial charge in [0.2, 0.25) is 0 Å². The Morgan fingerprint density at radius 2 is 2.17 bits per heavy atom. The first-order valence-electron chi connectivity index (χ1n) is 7.85. The summed E-state index contributed by atoms with van der Waals surface area (Å²) in [7, 11) is 0. The minimum Gasteiger partial charge on any atom is -0.479 e. The maximum Gasteiger partial charge on any atom is 0.332 e. The van der Waals surface area contributed by atoms with Crippen LogP contribution in [0.3, 0.4) is 0 Å². The van der Waals surface area contributed by atoms with Gasteiger partial charge in [0.15, 0.2) is 6.10 Å². The second-order valence-corrected chi connectivity index (χ2v) is 5.67. The molecule has 0 spiro atoms. The van der Waals surface area contributed by atoms with Gasteiger partial charge in [-0.05, 0) is 37.5 Å². The Bertz CT molecular complexity index is 594. The molecule has 1 aromatic carbocycles. The number of hydrogen-bond acceptors (Lipinski definition) is 4. The summed E-state index contributed by atoms with van der Waals surface area (Å²) >= 11 is 0. The predicted molar refractivity (Wildman–Crippen MR) is 84.4 cm³/mol. The summed E-state index contributed by atoms with van der Waals surface area (Å²) in [5.41, 5.74) is 0.162. The monoisotopic (exact) mass is 341 g/mol. The second-order valence-electron chi connectivity index (χ2n) is 5.67. The highest BCUT2D eigenvalue weighted by atomic mass is 19.1. The van der Waals surface area contributed by atoms with E-state index in [1.165, 1.54) is 6.08 Å². The first kappa shape index (κ1) is 18.5. The number of halogens is 2. The van der Waals surface area contributed by atoms with E-state index >= 15 is 0 Å². The van der Waals surface area contributed by atoms with Gasteiger partial charge in [-0.15, -0.1) is 0 Å². The van der Waals surface area contributed by atoms with Crippen molar-refractivity contribution in [2.45, 2.75) is 37.5 Å². The first-order valence-corrected chi connectivity index (χ1v) is 7.85. The molecule has 1 heterocycles. The lowest BCUT2D eigenvalue weighted by molar-refractivity contribution is -0.162. The number of nitrogens with one attached hydrogen (secondary N) is 1. The van der Waals surface area contributed by atoms with Crippen LogP contribution in [0, 0.1) is 11.6 Å². The molecule has 1 aromatic rings. The molecule has 0 radical (unpaired) electrons. The highest BCUT2D eigenvalue weighted by Gasteiger charge is 2.33. The molecule has 0 bridgehead atoms. The molecular formula is C17H21F2NO4. The summed E-state index contributed by atoms with van der Waals surface area (Å²) in [4.78, 5) is 11.0. The summed E-state index contributed by atoms with van der Waals surface area (Å²) in [6.07, 6.45) is 3.22.